The lowest BCUT2D eigenvalue weighted by molar-refractivity contribution is -0.131. The van der Waals surface area contributed by atoms with Gasteiger partial charge in [0.15, 0.2) is 11.5 Å². The Bertz CT molecular complexity index is 466. The molecule has 0 aromatic heterocycles. The van der Waals surface area contributed by atoms with Gasteiger partial charge in [-0.15, -0.1) is 0 Å². The smallest absolute Gasteiger partial charge is 0.328 e. The lowest BCUT2D eigenvalue weighted by Crippen LogP contribution is -2.09. The maximum Gasteiger partial charge on any atom is 0.328 e. The molecule has 1 rings (SSSR count). The Hall–Kier alpha value is -1.97. The molecule has 1 aromatic carbocycles. The van der Waals surface area contributed by atoms with Crippen molar-refractivity contribution < 1.29 is 19.4 Å². The molecule has 0 bridgehead atoms. The van der Waals surface area contributed by atoms with Gasteiger partial charge in [0.2, 0.25) is 0 Å². The van der Waals surface area contributed by atoms with Gasteiger partial charge >= 0.3 is 5.97 Å². The van der Waals surface area contributed by atoms with Gasteiger partial charge in [-0.05, 0) is 24.5 Å². The molecule has 20 heavy (non-hydrogen) atoms. The first-order valence-electron chi connectivity index (χ1n) is 6.79. The number of aliphatic carboxylic acids is 1. The standard InChI is InChI=1S/C16H22O4/c1-4-6-12(2)11-20-16-13(9-10-15(17)18)7-5-8-14(16)19-3/h5,7-10,12H,4,6,11H2,1-3H3,(H,17,18). The maximum atomic E-state index is 10.6. The van der Waals surface area contributed by atoms with E-state index in [9.17, 15) is 4.79 Å². The molecule has 0 amide bonds. The summed E-state index contributed by atoms with van der Waals surface area (Å²) in [6, 6.07) is 5.42. The first-order valence-corrected chi connectivity index (χ1v) is 6.79. The molecule has 4 nitrogen and oxygen atoms in total. The molecule has 0 radical (unpaired) electrons. The monoisotopic (exact) mass is 278 g/mol. The van der Waals surface area contributed by atoms with E-state index in [1.165, 1.54) is 6.08 Å². The fraction of sp³-hybridized carbons (Fsp3) is 0.438. The number of methoxy groups -OCH3 is 1. The summed E-state index contributed by atoms with van der Waals surface area (Å²) in [5, 5.41) is 8.72. The van der Waals surface area contributed by atoms with Gasteiger partial charge in [-0.2, -0.15) is 0 Å². The highest BCUT2D eigenvalue weighted by atomic mass is 16.5. The first kappa shape index (κ1) is 16.1. The van der Waals surface area contributed by atoms with Gasteiger partial charge in [-0.1, -0.05) is 32.4 Å². The molecule has 0 aliphatic carbocycles. The van der Waals surface area contributed by atoms with Crippen LogP contribution in [0.4, 0.5) is 0 Å². The normalized spacial score (nSPS) is 12.3. The second-order valence-corrected chi connectivity index (χ2v) is 4.76. The Balaban J connectivity index is 2.92. The second-order valence-electron chi connectivity index (χ2n) is 4.76. The van der Waals surface area contributed by atoms with Crippen molar-refractivity contribution in [1.29, 1.82) is 0 Å². The lowest BCUT2D eigenvalue weighted by atomic mass is 10.1. The van der Waals surface area contributed by atoms with Gasteiger partial charge in [0.05, 0.1) is 13.7 Å². The number of rotatable bonds is 8. The lowest BCUT2D eigenvalue weighted by Gasteiger charge is -2.16. The predicted molar refractivity (Wildman–Crippen MR) is 79.2 cm³/mol. The van der Waals surface area contributed by atoms with Gasteiger partial charge in [0.1, 0.15) is 0 Å². The van der Waals surface area contributed by atoms with Crippen LogP contribution < -0.4 is 9.47 Å². The molecule has 0 spiro atoms. The van der Waals surface area contributed by atoms with Gasteiger partial charge in [-0.25, -0.2) is 4.79 Å². The van der Waals surface area contributed by atoms with Crippen LogP contribution in [0.2, 0.25) is 0 Å². The van der Waals surface area contributed by atoms with Gasteiger partial charge in [0, 0.05) is 11.6 Å². The largest absolute Gasteiger partial charge is 0.493 e. The van der Waals surface area contributed by atoms with E-state index < -0.39 is 5.97 Å². The molecule has 110 valence electrons. The third kappa shape index (κ3) is 4.96. The summed E-state index contributed by atoms with van der Waals surface area (Å²) in [5.74, 6) is 0.663. The van der Waals surface area contributed by atoms with Gasteiger partial charge < -0.3 is 14.6 Å². The summed E-state index contributed by atoms with van der Waals surface area (Å²) < 4.78 is 11.1. The van der Waals surface area contributed by atoms with E-state index in [1.54, 1.807) is 13.2 Å². The third-order valence-electron chi connectivity index (χ3n) is 2.93. The summed E-state index contributed by atoms with van der Waals surface area (Å²) in [6.07, 6.45) is 4.82. The highest BCUT2D eigenvalue weighted by Crippen LogP contribution is 2.32. The summed E-state index contributed by atoms with van der Waals surface area (Å²) >= 11 is 0. The molecule has 1 atom stereocenters. The number of carboxylic acids is 1. The molecule has 0 aliphatic heterocycles. The average molecular weight is 278 g/mol. The molecule has 1 aromatic rings. The molecule has 0 saturated carbocycles. The van der Waals surface area contributed by atoms with Gasteiger partial charge in [-0.3, -0.25) is 0 Å². The molecular weight excluding hydrogens is 256 g/mol. The Kier molecular flexibility index (Phi) is 6.64. The molecular formula is C16H22O4. The Morgan fingerprint density at radius 1 is 1.45 bits per heavy atom. The van der Waals surface area contributed by atoms with Crippen LogP contribution in [-0.4, -0.2) is 24.8 Å². The van der Waals surface area contributed by atoms with Crippen molar-refractivity contribution >= 4 is 12.0 Å². The Morgan fingerprint density at radius 2 is 2.20 bits per heavy atom. The van der Waals surface area contributed by atoms with Crippen LogP contribution in [0.15, 0.2) is 24.3 Å². The van der Waals surface area contributed by atoms with E-state index in [4.69, 9.17) is 14.6 Å². The van der Waals surface area contributed by atoms with E-state index in [-0.39, 0.29) is 0 Å². The third-order valence-corrected chi connectivity index (χ3v) is 2.93. The second kappa shape index (κ2) is 8.25. The number of carboxylic acid groups (broad SMARTS) is 1. The van der Waals surface area contributed by atoms with Crippen LogP contribution in [-0.2, 0) is 4.79 Å². The minimum Gasteiger partial charge on any atom is -0.493 e. The zero-order valence-corrected chi connectivity index (χ0v) is 12.3. The molecule has 0 heterocycles. The van der Waals surface area contributed by atoms with Crippen LogP contribution in [0.5, 0.6) is 11.5 Å². The summed E-state index contributed by atoms with van der Waals surface area (Å²) in [7, 11) is 1.57. The molecule has 0 saturated heterocycles. The quantitative estimate of drug-likeness (QED) is 0.738. The Morgan fingerprint density at radius 3 is 2.80 bits per heavy atom. The fourth-order valence-corrected chi connectivity index (χ4v) is 1.94. The van der Waals surface area contributed by atoms with E-state index in [0.717, 1.165) is 18.9 Å². The van der Waals surface area contributed by atoms with Crippen LogP contribution in [0, 0.1) is 5.92 Å². The summed E-state index contributed by atoms with van der Waals surface area (Å²) in [5.41, 5.74) is 0.704. The molecule has 0 fully saturated rings. The van der Waals surface area contributed by atoms with E-state index >= 15 is 0 Å². The highest BCUT2D eigenvalue weighted by Gasteiger charge is 2.11. The maximum absolute atomic E-state index is 10.6. The average Bonchev–Trinajstić information content (AvgIpc) is 2.43. The SMILES string of the molecule is CCCC(C)COc1c(C=CC(=O)O)cccc1OC. The minimum atomic E-state index is -0.988. The predicted octanol–water partition coefficient (Wildman–Crippen LogP) is 3.61. The first-order chi connectivity index (χ1) is 9.58. The van der Waals surface area contributed by atoms with Crippen molar-refractivity contribution in [2.45, 2.75) is 26.7 Å². The topological polar surface area (TPSA) is 55.8 Å². The van der Waals surface area contributed by atoms with Crippen LogP contribution in [0.3, 0.4) is 0 Å². The van der Waals surface area contributed by atoms with Crippen molar-refractivity contribution in [3.05, 3.63) is 29.8 Å². The minimum absolute atomic E-state index is 0.446. The van der Waals surface area contributed by atoms with Gasteiger partial charge in [0.25, 0.3) is 0 Å². The van der Waals surface area contributed by atoms with E-state index in [0.29, 0.717) is 29.6 Å². The number of hydrogen-bond acceptors (Lipinski definition) is 3. The number of hydrogen-bond donors (Lipinski definition) is 1. The number of benzene rings is 1. The molecule has 0 aliphatic rings. The Labute approximate surface area is 120 Å². The summed E-state index contributed by atoms with van der Waals surface area (Å²) in [4.78, 5) is 10.6. The molecule has 1 unspecified atom stereocenters. The number of para-hydroxylation sites is 1. The van der Waals surface area contributed by atoms with Crippen molar-refractivity contribution in [3.63, 3.8) is 0 Å². The highest BCUT2D eigenvalue weighted by molar-refractivity contribution is 5.86. The number of ether oxygens (including phenoxy) is 2. The van der Waals surface area contributed by atoms with E-state index in [1.807, 2.05) is 12.1 Å². The van der Waals surface area contributed by atoms with Crippen molar-refractivity contribution in [1.82, 2.24) is 0 Å². The summed E-state index contributed by atoms with van der Waals surface area (Å²) in [6.45, 7) is 4.86. The van der Waals surface area contributed by atoms with E-state index in [2.05, 4.69) is 13.8 Å². The zero-order chi connectivity index (χ0) is 15.0. The van der Waals surface area contributed by atoms with Crippen molar-refractivity contribution in [3.8, 4) is 11.5 Å². The van der Waals surface area contributed by atoms with Crippen molar-refractivity contribution in [2.24, 2.45) is 5.92 Å². The molecule has 4 heteroatoms. The zero-order valence-electron chi connectivity index (χ0n) is 12.3. The van der Waals surface area contributed by atoms with Crippen LogP contribution in [0.1, 0.15) is 32.3 Å². The number of carbonyl (C=O) groups is 1. The van der Waals surface area contributed by atoms with Crippen LogP contribution >= 0.6 is 0 Å². The van der Waals surface area contributed by atoms with Crippen molar-refractivity contribution in [2.75, 3.05) is 13.7 Å². The molecule has 1 N–H and O–H groups in total. The van der Waals surface area contributed by atoms with Crippen LogP contribution in [0.25, 0.3) is 6.08 Å². The fourth-order valence-electron chi connectivity index (χ4n) is 1.94.